The van der Waals surface area contributed by atoms with Crippen LogP contribution in [0, 0.1) is 18.6 Å². The number of nitrogens with one attached hydrogen (secondary N) is 2. The van der Waals surface area contributed by atoms with Crippen molar-refractivity contribution >= 4 is 34.8 Å². The fourth-order valence-electron chi connectivity index (χ4n) is 1.89. The summed E-state index contributed by atoms with van der Waals surface area (Å²) in [7, 11) is 0. The summed E-state index contributed by atoms with van der Waals surface area (Å²) in [6, 6.07) is 7.64. The van der Waals surface area contributed by atoms with Crippen LogP contribution in [0.4, 0.5) is 20.2 Å². The molecule has 120 valence electrons. The lowest BCUT2D eigenvalue weighted by Gasteiger charge is -2.09. The number of carbonyl (C=O) groups excluding carboxylic acids is 2. The van der Waals surface area contributed by atoms with Crippen molar-refractivity contribution in [3.8, 4) is 0 Å². The average molecular weight is 339 g/mol. The van der Waals surface area contributed by atoms with Crippen molar-refractivity contribution in [3.63, 3.8) is 0 Å². The van der Waals surface area contributed by atoms with Crippen molar-refractivity contribution in [2.45, 2.75) is 13.3 Å². The second-order valence-electron chi connectivity index (χ2n) is 4.86. The highest BCUT2D eigenvalue weighted by molar-refractivity contribution is 6.30. The molecular formula is C16H13ClF2N2O2. The van der Waals surface area contributed by atoms with E-state index in [0.717, 1.165) is 17.7 Å². The maximum atomic E-state index is 13.4. The largest absolute Gasteiger partial charge is 0.325 e. The summed E-state index contributed by atoms with van der Waals surface area (Å²) in [5, 5.41) is 5.31. The number of aryl methyl sites for hydroxylation is 1. The smallest absolute Gasteiger partial charge is 0.233 e. The number of carbonyl (C=O) groups is 2. The number of anilines is 2. The zero-order chi connectivity index (χ0) is 17.0. The quantitative estimate of drug-likeness (QED) is 0.831. The lowest BCUT2D eigenvalue weighted by atomic mass is 10.2. The van der Waals surface area contributed by atoms with E-state index in [0.29, 0.717) is 16.8 Å². The number of amides is 2. The molecule has 0 saturated heterocycles. The number of hydrogen-bond acceptors (Lipinski definition) is 2. The van der Waals surface area contributed by atoms with E-state index < -0.39 is 29.9 Å². The van der Waals surface area contributed by atoms with Crippen molar-refractivity contribution < 1.29 is 18.4 Å². The van der Waals surface area contributed by atoms with Crippen LogP contribution in [0.3, 0.4) is 0 Å². The van der Waals surface area contributed by atoms with E-state index in [9.17, 15) is 18.4 Å². The van der Waals surface area contributed by atoms with Crippen molar-refractivity contribution in [3.05, 3.63) is 58.6 Å². The Labute approximate surface area is 136 Å². The predicted octanol–water partition coefficient (Wildman–Crippen LogP) is 3.89. The van der Waals surface area contributed by atoms with Gasteiger partial charge in [-0.15, -0.1) is 0 Å². The highest BCUT2D eigenvalue weighted by atomic mass is 35.5. The Morgan fingerprint density at radius 3 is 2.22 bits per heavy atom. The van der Waals surface area contributed by atoms with Gasteiger partial charge < -0.3 is 10.6 Å². The van der Waals surface area contributed by atoms with Gasteiger partial charge in [-0.1, -0.05) is 11.6 Å². The SMILES string of the molecule is Cc1cc(Cl)ccc1NC(=O)CC(=O)Nc1ccc(F)cc1F. The second kappa shape index (κ2) is 7.19. The predicted molar refractivity (Wildman–Crippen MR) is 84.4 cm³/mol. The summed E-state index contributed by atoms with van der Waals surface area (Å²) < 4.78 is 26.2. The molecule has 0 aliphatic rings. The van der Waals surface area contributed by atoms with Crippen LogP contribution in [0.15, 0.2) is 36.4 Å². The number of hydrogen-bond donors (Lipinski definition) is 2. The molecule has 2 aromatic carbocycles. The minimum atomic E-state index is -0.910. The molecule has 0 unspecified atom stereocenters. The van der Waals surface area contributed by atoms with Gasteiger partial charge in [0.15, 0.2) is 0 Å². The van der Waals surface area contributed by atoms with Crippen LogP contribution in [0.5, 0.6) is 0 Å². The molecule has 2 aromatic rings. The Kier molecular flexibility index (Phi) is 5.28. The van der Waals surface area contributed by atoms with Crippen molar-refractivity contribution in [2.75, 3.05) is 10.6 Å². The van der Waals surface area contributed by atoms with Gasteiger partial charge in [-0.3, -0.25) is 9.59 Å². The minimum Gasteiger partial charge on any atom is -0.325 e. The van der Waals surface area contributed by atoms with Crippen molar-refractivity contribution in [2.24, 2.45) is 0 Å². The van der Waals surface area contributed by atoms with Crippen molar-refractivity contribution in [1.29, 1.82) is 0 Å². The van der Waals surface area contributed by atoms with E-state index in [1.165, 1.54) is 0 Å². The minimum absolute atomic E-state index is 0.188. The molecule has 4 nitrogen and oxygen atoms in total. The van der Waals surface area contributed by atoms with Gasteiger partial charge in [0, 0.05) is 16.8 Å². The Morgan fingerprint density at radius 1 is 1.00 bits per heavy atom. The van der Waals surface area contributed by atoms with E-state index in [-0.39, 0.29) is 5.69 Å². The van der Waals surface area contributed by atoms with E-state index in [2.05, 4.69) is 10.6 Å². The highest BCUT2D eigenvalue weighted by Crippen LogP contribution is 2.20. The number of benzene rings is 2. The first kappa shape index (κ1) is 16.9. The average Bonchev–Trinajstić information content (AvgIpc) is 2.45. The number of halogens is 3. The molecule has 0 saturated carbocycles. The van der Waals surface area contributed by atoms with Crippen molar-refractivity contribution in [1.82, 2.24) is 0 Å². The van der Waals surface area contributed by atoms with Crippen LogP contribution in [0.2, 0.25) is 5.02 Å². The molecule has 0 bridgehead atoms. The summed E-state index contributed by atoms with van der Waals surface area (Å²) in [5.41, 5.74) is 1.09. The standard InChI is InChI=1S/C16H13ClF2N2O2/c1-9-6-10(17)2-4-13(9)20-15(22)8-16(23)21-14-5-3-11(18)7-12(14)19/h2-7H,8H2,1H3,(H,20,22)(H,21,23). The molecule has 2 N–H and O–H groups in total. The van der Waals surface area contributed by atoms with E-state index >= 15 is 0 Å². The van der Waals surface area contributed by atoms with Crippen LogP contribution in [0.1, 0.15) is 12.0 Å². The third-order valence-corrected chi connectivity index (χ3v) is 3.22. The molecular weight excluding hydrogens is 326 g/mol. The van der Waals surface area contributed by atoms with Crippen LogP contribution in [-0.4, -0.2) is 11.8 Å². The third-order valence-electron chi connectivity index (χ3n) is 2.99. The fourth-order valence-corrected chi connectivity index (χ4v) is 2.12. The maximum absolute atomic E-state index is 13.4. The molecule has 7 heteroatoms. The summed E-state index contributed by atoms with van der Waals surface area (Å²) in [6.07, 6.45) is -0.501. The van der Waals surface area contributed by atoms with Gasteiger partial charge in [0.1, 0.15) is 18.1 Å². The second-order valence-corrected chi connectivity index (χ2v) is 5.29. The molecule has 0 spiro atoms. The summed E-state index contributed by atoms with van der Waals surface area (Å²) in [6.45, 7) is 1.76. The Morgan fingerprint density at radius 2 is 1.61 bits per heavy atom. The molecule has 0 radical (unpaired) electrons. The monoisotopic (exact) mass is 338 g/mol. The van der Waals surface area contributed by atoms with Crippen LogP contribution in [-0.2, 0) is 9.59 Å². The summed E-state index contributed by atoms with van der Waals surface area (Å²) >= 11 is 5.82. The molecule has 0 aliphatic carbocycles. The lowest BCUT2D eigenvalue weighted by Crippen LogP contribution is -2.22. The van der Waals surface area contributed by atoms with Gasteiger partial charge >= 0.3 is 0 Å². The molecule has 0 fully saturated rings. The van der Waals surface area contributed by atoms with Crippen LogP contribution >= 0.6 is 11.6 Å². The zero-order valence-corrected chi connectivity index (χ0v) is 12.9. The molecule has 0 heterocycles. The van der Waals surface area contributed by atoms with Gasteiger partial charge in [0.2, 0.25) is 11.8 Å². The highest BCUT2D eigenvalue weighted by Gasteiger charge is 2.13. The first-order valence-corrected chi connectivity index (χ1v) is 7.04. The van der Waals surface area contributed by atoms with Gasteiger partial charge in [-0.05, 0) is 42.8 Å². The molecule has 0 aromatic heterocycles. The zero-order valence-electron chi connectivity index (χ0n) is 12.1. The molecule has 0 aliphatic heterocycles. The fraction of sp³-hybridized carbons (Fsp3) is 0.125. The molecule has 0 atom stereocenters. The first-order valence-electron chi connectivity index (χ1n) is 6.66. The maximum Gasteiger partial charge on any atom is 0.233 e. The van der Waals surface area contributed by atoms with Crippen LogP contribution < -0.4 is 10.6 Å². The van der Waals surface area contributed by atoms with Gasteiger partial charge in [-0.25, -0.2) is 8.78 Å². The third kappa shape index (κ3) is 4.75. The molecule has 23 heavy (non-hydrogen) atoms. The Bertz CT molecular complexity index is 702. The van der Waals surface area contributed by atoms with Gasteiger partial charge in [0.05, 0.1) is 5.69 Å². The van der Waals surface area contributed by atoms with Gasteiger partial charge in [0.25, 0.3) is 0 Å². The topological polar surface area (TPSA) is 58.2 Å². The number of rotatable bonds is 4. The van der Waals surface area contributed by atoms with Gasteiger partial charge in [-0.2, -0.15) is 0 Å². The summed E-state index contributed by atoms with van der Waals surface area (Å²) in [5.74, 6) is -2.93. The van der Waals surface area contributed by atoms with E-state index in [1.807, 2.05) is 0 Å². The molecule has 2 amide bonds. The van der Waals surface area contributed by atoms with E-state index in [1.54, 1.807) is 25.1 Å². The Hall–Kier alpha value is -2.47. The van der Waals surface area contributed by atoms with Crippen LogP contribution in [0.25, 0.3) is 0 Å². The lowest BCUT2D eigenvalue weighted by molar-refractivity contribution is -0.123. The summed E-state index contributed by atoms with van der Waals surface area (Å²) in [4.78, 5) is 23.6. The normalized spacial score (nSPS) is 10.3. The molecule has 2 rings (SSSR count). The first-order chi connectivity index (χ1) is 10.8. The Balaban J connectivity index is 1.95. The van der Waals surface area contributed by atoms with E-state index in [4.69, 9.17) is 11.6 Å².